The lowest BCUT2D eigenvalue weighted by atomic mass is 10.0. The number of nitrogens with one attached hydrogen (secondary N) is 1. The minimum Gasteiger partial charge on any atom is -0.381 e. The number of rotatable bonds is 4. The normalized spacial score (nSPS) is 20.6. The van der Waals surface area contributed by atoms with E-state index >= 15 is 0 Å². The molecule has 1 aliphatic heterocycles. The summed E-state index contributed by atoms with van der Waals surface area (Å²) in [6.07, 6.45) is 5.94. The molecule has 16 heavy (non-hydrogen) atoms. The first-order valence-corrected chi connectivity index (χ1v) is 5.82. The van der Waals surface area contributed by atoms with Gasteiger partial charge in [-0.1, -0.05) is 0 Å². The molecule has 1 saturated heterocycles. The molecule has 1 aromatic rings. The molecule has 0 spiro atoms. The number of hydrogen-bond donors (Lipinski definition) is 1. The molecule has 0 saturated carbocycles. The molecule has 0 aromatic carbocycles. The fraction of sp³-hybridized carbons (Fsp3) is 0.583. The number of ether oxygens (including phenoxy) is 1. The number of carbonyl (C=O) groups excluding carboxylic acids is 1. The zero-order chi connectivity index (χ0) is 11.2. The van der Waals surface area contributed by atoms with Crippen molar-refractivity contribution in [2.24, 2.45) is 5.92 Å². The molecule has 88 valence electrons. The lowest BCUT2D eigenvalue weighted by Crippen LogP contribution is -2.37. The first-order chi connectivity index (χ1) is 7.86. The van der Waals surface area contributed by atoms with Gasteiger partial charge in [-0.15, -0.1) is 0 Å². The molecule has 1 atom stereocenters. The molecule has 0 unspecified atom stereocenters. The fourth-order valence-corrected chi connectivity index (χ4v) is 1.92. The van der Waals surface area contributed by atoms with Crippen LogP contribution in [0.5, 0.6) is 0 Å². The lowest BCUT2D eigenvalue weighted by molar-refractivity contribution is -0.128. The molecule has 4 heteroatoms. The Morgan fingerprint density at radius 1 is 1.44 bits per heavy atom. The van der Waals surface area contributed by atoms with E-state index in [2.05, 4.69) is 9.88 Å². The van der Waals surface area contributed by atoms with E-state index in [4.69, 9.17) is 4.74 Å². The highest BCUT2D eigenvalue weighted by atomic mass is 16.5. The summed E-state index contributed by atoms with van der Waals surface area (Å²) in [6.45, 7) is 2.89. The minimum absolute atomic E-state index is 0.0541. The summed E-state index contributed by atoms with van der Waals surface area (Å²) in [5, 5.41) is 2.95. The monoisotopic (exact) mass is 222 g/mol. The Bertz CT molecular complexity index is 316. The highest BCUT2D eigenvalue weighted by molar-refractivity contribution is 5.78. The van der Waals surface area contributed by atoms with Crippen LogP contribution in [0.25, 0.3) is 0 Å². The van der Waals surface area contributed by atoms with Gasteiger partial charge in [0.15, 0.2) is 0 Å². The van der Waals surface area contributed by atoms with Gasteiger partial charge in [0.1, 0.15) is 0 Å². The zero-order valence-corrected chi connectivity index (χ0v) is 9.39. The molecule has 2 heterocycles. The molecule has 0 aliphatic carbocycles. The van der Waals surface area contributed by atoms with Gasteiger partial charge in [-0.05, 0) is 25.0 Å². The molecule has 0 radical (unpaired) electrons. The molecule has 1 fully saturated rings. The largest absolute Gasteiger partial charge is 0.381 e. The number of amides is 1. The van der Waals surface area contributed by atoms with Crippen molar-refractivity contribution in [3.05, 3.63) is 24.5 Å². The van der Waals surface area contributed by atoms with E-state index in [0.717, 1.165) is 26.0 Å². The highest BCUT2D eigenvalue weighted by Gasteiger charge is 2.20. The van der Waals surface area contributed by atoms with Crippen LogP contribution in [0, 0.1) is 5.92 Å². The summed E-state index contributed by atoms with van der Waals surface area (Å²) in [5.41, 5.74) is 0. The van der Waals surface area contributed by atoms with Crippen LogP contribution in [-0.2, 0) is 16.1 Å². The van der Waals surface area contributed by atoms with E-state index in [1.165, 1.54) is 0 Å². The molecule has 1 amide bonds. The topological polar surface area (TPSA) is 43.3 Å². The second-order valence-corrected chi connectivity index (χ2v) is 4.13. The van der Waals surface area contributed by atoms with Crippen LogP contribution < -0.4 is 5.32 Å². The molecule has 4 nitrogen and oxygen atoms in total. The Kier molecular flexibility index (Phi) is 3.99. The second-order valence-electron chi connectivity index (χ2n) is 4.13. The maximum absolute atomic E-state index is 11.7. The third-order valence-corrected chi connectivity index (χ3v) is 2.87. The van der Waals surface area contributed by atoms with Crippen LogP contribution >= 0.6 is 0 Å². The van der Waals surface area contributed by atoms with Gasteiger partial charge in [0.05, 0.1) is 12.5 Å². The average molecular weight is 222 g/mol. The summed E-state index contributed by atoms with van der Waals surface area (Å²) in [6, 6.07) is 3.97. The molecular weight excluding hydrogens is 204 g/mol. The first-order valence-electron chi connectivity index (χ1n) is 5.82. The van der Waals surface area contributed by atoms with Crippen molar-refractivity contribution in [3.8, 4) is 0 Å². The third kappa shape index (κ3) is 3.10. The van der Waals surface area contributed by atoms with E-state index in [1.54, 1.807) is 0 Å². The van der Waals surface area contributed by atoms with E-state index in [0.29, 0.717) is 13.2 Å². The van der Waals surface area contributed by atoms with Gasteiger partial charge < -0.3 is 14.6 Å². The van der Waals surface area contributed by atoms with E-state index < -0.39 is 0 Å². The second kappa shape index (κ2) is 5.70. The van der Waals surface area contributed by atoms with Gasteiger partial charge in [-0.3, -0.25) is 4.79 Å². The average Bonchev–Trinajstić information content (AvgIpc) is 2.83. The SMILES string of the molecule is O=C(NCCn1cccc1)[C@H]1CCCOC1. The van der Waals surface area contributed by atoms with Gasteiger partial charge in [0.2, 0.25) is 5.91 Å². The summed E-state index contributed by atoms with van der Waals surface area (Å²) in [7, 11) is 0. The summed E-state index contributed by atoms with van der Waals surface area (Å²) < 4.78 is 7.34. The Morgan fingerprint density at radius 3 is 2.94 bits per heavy atom. The number of hydrogen-bond acceptors (Lipinski definition) is 2. The van der Waals surface area contributed by atoms with Crippen LogP contribution in [0.15, 0.2) is 24.5 Å². The maximum atomic E-state index is 11.7. The van der Waals surface area contributed by atoms with Crippen molar-refractivity contribution in [2.75, 3.05) is 19.8 Å². The predicted octanol–water partition coefficient (Wildman–Crippen LogP) is 1.03. The van der Waals surface area contributed by atoms with Crippen LogP contribution in [0.1, 0.15) is 12.8 Å². The summed E-state index contributed by atoms with van der Waals surface area (Å²) in [4.78, 5) is 11.7. The molecule has 1 aromatic heterocycles. The molecule has 1 N–H and O–H groups in total. The Hall–Kier alpha value is -1.29. The quantitative estimate of drug-likeness (QED) is 0.827. The number of aromatic nitrogens is 1. The minimum atomic E-state index is 0.0541. The van der Waals surface area contributed by atoms with Crippen molar-refractivity contribution >= 4 is 5.91 Å². The van der Waals surface area contributed by atoms with Gasteiger partial charge in [-0.25, -0.2) is 0 Å². The van der Waals surface area contributed by atoms with Crippen LogP contribution in [-0.4, -0.2) is 30.2 Å². The Morgan fingerprint density at radius 2 is 2.25 bits per heavy atom. The lowest BCUT2D eigenvalue weighted by Gasteiger charge is -2.21. The van der Waals surface area contributed by atoms with Crippen molar-refractivity contribution in [2.45, 2.75) is 19.4 Å². The van der Waals surface area contributed by atoms with Gasteiger partial charge in [0, 0.05) is 32.1 Å². The fourth-order valence-electron chi connectivity index (χ4n) is 1.92. The molecule has 1 aliphatic rings. The smallest absolute Gasteiger partial charge is 0.225 e. The Labute approximate surface area is 95.6 Å². The van der Waals surface area contributed by atoms with E-state index in [-0.39, 0.29) is 11.8 Å². The van der Waals surface area contributed by atoms with Crippen molar-refractivity contribution < 1.29 is 9.53 Å². The number of nitrogens with zero attached hydrogens (tertiary/aromatic N) is 1. The third-order valence-electron chi connectivity index (χ3n) is 2.87. The zero-order valence-electron chi connectivity index (χ0n) is 9.39. The van der Waals surface area contributed by atoms with Gasteiger partial charge in [-0.2, -0.15) is 0 Å². The summed E-state index contributed by atoms with van der Waals surface area (Å²) in [5.74, 6) is 0.185. The maximum Gasteiger partial charge on any atom is 0.225 e. The predicted molar refractivity (Wildman–Crippen MR) is 61.0 cm³/mol. The standard InChI is InChI=1S/C12H18N2O2/c15-12(11-4-3-9-16-10-11)13-5-8-14-6-1-2-7-14/h1-2,6-7,11H,3-5,8-10H2,(H,13,15)/t11-/m0/s1. The van der Waals surface area contributed by atoms with Crippen molar-refractivity contribution in [1.82, 2.24) is 9.88 Å². The van der Waals surface area contributed by atoms with Gasteiger partial charge >= 0.3 is 0 Å². The highest BCUT2D eigenvalue weighted by Crippen LogP contribution is 2.13. The van der Waals surface area contributed by atoms with E-state index in [9.17, 15) is 4.79 Å². The Balaban J connectivity index is 1.67. The first kappa shape index (κ1) is 11.2. The summed E-state index contributed by atoms with van der Waals surface area (Å²) >= 11 is 0. The van der Waals surface area contributed by atoms with E-state index in [1.807, 2.05) is 24.5 Å². The molecule has 2 rings (SSSR count). The van der Waals surface area contributed by atoms with Crippen molar-refractivity contribution in [1.29, 1.82) is 0 Å². The molecular formula is C12H18N2O2. The van der Waals surface area contributed by atoms with Crippen molar-refractivity contribution in [3.63, 3.8) is 0 Å². The number of carbonyl (C=O) groups is 1. The molecule has 0 bridgehead atoms. The van der Waals surface area contributed by atoms with Crippen LogP contribution in [0.3, 0.4) is 0 Å². The van der Waals surface area contributed by atoms with Crippen LogP contribution in [0.2, 0.25) is 0 Å². The van der Waals surface area contributed by atoms with Crippen LogP contribution in [0.4, 0.5) is 0 Å². The van der Waals surface area contributed by atoms with Gasteiger partial charge in [0.25, 0.3) is 0 Å².